The summed E-state index contributed by atoms with van der Waals surface area (Å²) in [5.74, 6) is -0.0409. The van der Waals surface area contributed by atoms with Gasteiger partial charge in [-0.2, -0.15) is 0 Å². The van der Waals surface area contributed by atoms with E-state index >= 15 is 0 Å². The number of nitrogens with zero attached hydrogens (tertiary/aromatic N) is 1. The predicted octanol–water partition coefficient (Wildman–Crippen LogP) is 2.14. The zero-order valence-electron chi connectivity index (χ0n) is 10.4. The quantitative estimate of drug-likeness (QED) is 0.634. The Bertz CT molecular complexity index is 326. The smallest absolute Gasteiger partial charge is 0.410 e. The Morgan fingerprint density at radius 1 is 1.44 bits per heavy atom. The maximum absolute atomic E-state index is 11.7. The van der Waals surface area contributed by atoms with Crippen LogP contribution in [0.25, 0.3) is 0 Å². The minimum Gasteiger partial charge on any atom is -0.444 e. The van der Waals surface area contributed by atoms with E-state index in [1.165, 1.54) is 4.90 Å². The average Bonchev–Trinajstić information content (AvgIpc) is 2.23. The Balaban J connectivity index is 2.62. The second-order valence-corrected chi connectivity index (χ2v) is 5.11. The van der Waals surface area contributed by atoms with E-state index in [1.54, 1.807) is 6.08 Å². The summed E-state index contributed by atoms with van der Waals surface area (Å²) in [5, 5.41) is 0. The van der Waals surface area contributed by atoms with E-state index in [-0.39, 0.29) is 12.3 Å². The van der Waals surface area contributed by atoms with Crippen molar-refractivity contribution >= 4 is 11.9 Å². The van der Waals surface area contributed by atoms with Crippen molar-refractivity contribution in [1.82, 2.24) is 4.90 Å². The van der Waals surface area contributed by atoms with Crippen LogP contribution in [0.1, 0.15) is 34.1 Å². The molecule has 1 aliphatic heterocycles. The monoisotopic (exact) mass is 225 g/mol. The van der Waals surface area contributed by atoms with Crippen molar-refractivity contribution < 1.29 is 14.3 Å². The van der Waals surface area contributed by atoms with Gasteiger partial charge >= 0.3 is 6.09 Å². The number of ketones is 1. The molecule has 0 radical (unpaired) electrons. The van der Waals surface area contributed by atoms with Gasteiger partial charge in [0.25, 0.3) is 0 Å². The summed E-state index contributed by atoms with van der Waals surface area (Å²) in [6.07, 6.45) is 1.92. The lowest BCUT2D eigenvalue weighted by atomic mass is 10.2. The number of hydrogen-bond donors (Lipinski definition) is 0. The van der Waals surface area contributed by atoms with Crippen molar-refractivity contribution in [3.8, 4) is 0 Å². The minimum atomic E-state index is -0.519. The third-order valence-electron chi connectivity index (χ3n) is 2.18. The maximum Gasteiger partial charge on any atom is 0.410 e. The Kier molecular flexibility index (Phi) is 3.73. The molecule has 0 aromatic rings. The molecular formula is C12H19NO3. The number of rotatable bonds is 0. The molecule has 0 bridgehead atoms. The zero-order valence-corrected chi connectivity index (χ0v) is 10.4. The van der Waals surface area contributed by atoms with E-state index in [1.807, 2.05) is 27.7 Å². The summed E-state index contributed by atoms with van der Waals surface area (Å²) in [5.41, 5.74) is 0.491. The van der Waals surface area contributed by atoms with Crippen LogP contribution in [0.15, 0.2) is 11.6 Å². The van der Waals surface area contributed by atoms with Crippen LogP contribution >= 0.6 is 0 Å². The molecular weight excluding hydrogens is 206 g/mol. The molecule has 1 rings (SSSR count). The fraction of sp³-hybridized carbons (Fsp3) is 0.667. The summed E-state index contributed by atoms with van der Waals surface area (Å²) in [7, 11) is 0. The molecule has 0 fully saturated rings. The van der Waals surface area contributed by atoms with Crippen LogP contribution in [0.4, 0.5) is 4.79 Å². The molecule has 0 aromatic carbocycles. The maximum atomic E-state index is 11.7. The van der Waals surface area contributed by atoms with Crippen LogP contribution in [-0.4, -0.2) is 35.5 Å². The predicted molar refractivity (Wildman–Crippen MR) is 61.2 cm³/mol. The van der Waals surface area contributed by atoms with Crippen molar-refractivity contribution in [3.05, 3.63) is 11.6 Å². The lowest BCUT2D eigenvalue weighted by molar-refractivity contribution is -0.115. The molecule has 4 nitrogen and oxygen atoms in total. The summed E-state index contributed by atoms with van der Waals surface area (Å²) >= 11 is 0. The first kappa shape index (κ1) is 12.7. The molecule has 90 valence electrons. The van der Waals surface area contributed by atoms with Crippen LogP contribution < -0.4 is 0 Å². The molecule has 16 heavy (non-hydrogen) atoms. The summed E-state index contributed by atoms with van der Waals surface area (Å²) in [4.78, 5) is 24.7. The standard InChI is InChI=1S/C12H19NO3/c1-9-5-6-13(8-10(14)7-9)11(15)16-12(2,3)4/h7H,5-6,8H2,1-4H3. The van der Waals surface area contributed by atoms with Crippen molar-refractivity contribution in [3.63, 3.8) is 0 Å². The van der Waals surface area contributed by atoms with Crippen molar-refractivity contribution in [2.24, 2.45) is 0 Å². The van der Waals surface area contributed by atoms with Gasteiger partial charge in [-0.15, -0.1) is 0 Å². The third-order valence-corrected chi connectivity index (χ3v) is 2.18. The molecule has 1 heterocycles. The Labute approximate surface area is 96.3 Å². The highest BCUT2D eigenvalue weighted by atomic mass is 16.6. The molecule has 0 saturated carbocycles. The molecule has 0 unspecified atom stereocenters. The highest BCUT2D eigenvalue weighted by molar-refractivity contribution is 5.94. The van der Waals surface area contributed by atoms with Crippen molar-refractivity contribution in [2.75, 3.05) is 13.1 Å². The fourth-order valence-electron chi connectivity index (χ4n) is 1.45. The molecule has 1 aliphatic rings. The first-order valence-corrected chi connectivity index (χ1v) is 5.46. The van der Waals surface area contributed by atoms with Gasteiger partial charge in [-0.1, -0.05) is 5.57 Å². The van der Waals surface area contributed by atoms with Gasteiger partial charge in [0.1, 0.15) is 5.60 Å². The fourth-order valence-corrected chi connectivity index (χ4v) is 1.45. The highest BCUT2D eigenvalue weighted by Crippen LogP contribution is 2.13. The number of ether oxygens (including phenoxy) is 1. The van der Waals surface area contributed by atoms with Gasteiger partial charge in [-0.25, -0.2) is 4.79 Å². The van der Waals surface area contributed by atoms with E-state index < -0.39 is 11.7 Å². The van der Waals surface area contributed by atoms with Crippen LogP contribution in [0, 0.1) is 0 Å². The van der Waals surface area contributed by atoms with Crippen LogP contribution in [0.2, 0.25) is 0 Å². The molecule has 1 amide bonds. The van der Waals surface area contributed by atoms with Crippen molar-refractivity contribution in [1.29, 1.82) is 0 Å². The lowest BCUT2D eigenvalue weighted by Gasteiger charge is -2.25. The Morgan fingerprint density at radius 2 is 2.06 bits per heavy atom. The Morgan fingerprint density at radius 3 is 2.62 bits per heavy atom. The summed E-state index contributed by atoms with van der Waals surface area (Å²) in [6.45, 7) is 8.00. The van der Waals surface area contributed by atoms with Crippen LogP contribution in [0.3, 0.4) is 0 Å². The lowest BCUT2D eigenvalue weighted by Crippen LogP contribution is -2.39. The largest absolute Gasteiger partial charge is 0.444 e. The van der Waals surface area contributed by atoms with Gasteiger partial charge in [0.2, 0.25) is 0 Å². The summed E-state index contributed by atoms with van der Waals surface area (Å²) in [6, 6.07) is 0. The molecule has 0 saturated heterocycles. The highest BCUT2D eigenvalue weighted by Gasteiger charge is 2.24. The van der Waals surface area contributed by atoms with E-state index in [0.29, 0.717) is 6.54 Å². The van der Waals surface area contributed by atoms with Gasteiger partial charge in [0.05, 0.1) is 6.54 Å². The topological polar surface area (TPSA) is 46.6 Å². The first-order chi connectivity index (χ1) is 7.28. The van der Waals surface area contributed by atoms with E-state index in [9.17, 15) is 9.59 Å². The first-order valence-electron chi connectivity index (χ1n) is 5.46. The second-order valence-electron chi connectivity index (χ2n) is 5.11. The number of carbonyl (C=O) groups excluding carboxylic acids is 2. The molecule has 4 heteroatoms. The average molecular weight is 225 g/mol. The van der Waals surface area contributed by atoms with Gasteiger partial charge in [-0.3, -0.25) is 4.79 Å². The zero-order chi connectivity index (χ0) is 12.3. The molecule has 0 spiro atoms. The molecule has 0 atom stereocenters. The Hall–Kier alpha value is -1.32. The summed E-state index contributed by atoms with van der Waals surface area (Å²) < 4.78 is 5.23. The molecule has 0 N–H and O–H groups in total. The van der Waals surface area contributed by atoms with Gasteiger partial charge in [-0.05, 0) is 40.2 Å². The van der Waals surface area contributed by atoms with Crippen LogP contribution in [0.5, 0.6) is 0 Å². The van der Waals surface area contributed by atoms with Crippen molar-refractivity contribution in [2.45, 2.75) is 39.7 Å². The van der Waals surface area contributed by atoms with Crippen LogP contribution in [-0.2, 0) is 9.53 Å². The molecule has 0 aromatic heterocycles. The van der Waals surface area contributed by atoms with Gasteiger partial charge in [0.15, 0.2) is 5.78 Å². The van der Waals surface area contributed by atoms with E-state index in [4.69, 9.17) is 4.74 Å². The number of hydrogen-bond acceptors (Lipinski definition) is 3. The van der Waals surface area contributed by atoms with Gasteiger partial charge in [0, 0.05) is 6.54 Å². The van der Waals surface area contributed by atoms with Gasteiger partial charge < -0.3 is 9.64 Å². The minimum absolute atomic E-state index is 0.0409. The normalized spacial score (nSPS) is 17.9. The number of carbonyl (C=O) groups is 2. The SMILES string of the molecule is CC1=CC(=O)CN(C(=O)OC(C)(C)C)CC1. The number of amides is 1. The second kappa shape index (κ2) is 4.68. The third kappa shape index (κ3) is 4.04. The van der Waals surface area contributed by atoms with E-state index in [2.05, 4.69) is 0 Å². The molecule has 0 aliphatic carbocycles. The van der Waals surface area contributed by atoms with E-state index in [0.717, 1.165) is 12.0 Å².